The largest absolute Gasteiger partial charge is 0.497 e. The summed E-state index contributed by atoms with van der Waals surface area (Å²) in [7, 11) is 3.33. The summed E-state index contributed by atoms with van der Waals surface area (Å²) >= 11 is 0. The number of nitrogens with one attached hydrogen (secondary N) is 1. The summed E-state index contributed by atoms with van der Waals surface area (Å²) in [5, 5.41) is 3.62. The molecular weight excluding hydrogens is 378 g/mol. The number of rotatable bonds is 6. The molecule has 0 atom stereocenters. The van der Waals surface area contributed by atoms with Crippen molar-refractivity contribution < 1.29 is 9.47 Å². The molecule has 0 aliphatic carbocycles. The van der Waals surface area contributed by atoms with Gasteiger partial charge in [0.25, 0.3) is 0 Å². The van der Waals surface area contributed by atoms with Gasteiger partial charge < -0.3 is 19.7 Å². The van der Waals surface area contributed by atoms with Crippen LogP contribution >= 0.6 is 0 Å². The van der Waals surface area contributed by atoms with Crippen molar-refractivity contribution in [3.05, 3.63) is 54.5 Å². The Morgan fingerprint density at radius 3 is 2.37 bits per heavy atom. The number of anilines is 2. The van der Waals surface area contributed by atoms with Crippen molar-refractivity contribution in [2.75, 3.05) is 37.5 Å². The van der Waals surface area contributed by atoms with Gasteiger partial charge in [0.1, 0.15) is 17.3 Å². The highest BCUT2D eigenvalue weighted by molar-refractivity contribution is 5.57. The van der Waals surface area contributed by atoms with Crippen molar-refractivity contribution in [2.45, 2.75) is 25.8 Å². The van der Waals surface area contributed by atoms with E-state index >= 15 is 0 Å². The normalized spacial score (nSPS) is 14.4. The average Bonchev–Trinajstić information content (AvgIpc) is 2.79. The lowest BCUT2D eigenvalue weighted by Gasteiger charge is -2.34. The lowest BCUT2D eigenvalue weighted by atomic mass is 10.0. The maximum atomic E-state index is 5.37. The third kappa shape index (κ3) is 4.62. The number of aromatic nitrogens is 3. The minimum Gasteiger partial charge on any atom is -0.497 e. The number of methoxy groups -OCH3 is 2. The fraction of sp³-hybridized carbons (Fsp3) is 0.348. The number of piperidine rings is 1. The first-order valence-corrected chi connectivity index (χ1v) is 10.2. The molecule has 0 spiro atoms. The predicted octanol–water partition coefficient (Wildman–Crippen LogP) is 3.95. The third-order valence-electron chi connectivity index (χ3n) is 5.30. The zero-order chi connectivity index (χ0) is 20.9. The average molecular weight is 406 g/mol. The molecule has 4 rings (SSSR count). The van der Waals surface area contributed by atoms with Crippen LogP contribution in [-0.2, 0) is 0 Å². The van der Waals surface area contributed by atoms with Crippen molar-refractivity contribution in [3.8, 4) is 22.9 Å². The monoisotopic (exact) mass is 405 g/mol. The zero-order valence-corrected chi connectivity index (χ0v) is 17.6. The fourth-order valence-electron chi connectivity index (χ4n) is 3.72. The fourth-order valence-corrected chi connectivity index (χ4v) is 3.72. The maximum Gasteiger partial charge on any atom is 0.163 e. The highest BCUT2D eigenvalue weighted by atomic mass is 16.5. The van der Waals surface area contributed by atoms with Gasteiger partial charge in [0.15, 0.2) is 5.82 Å². The van der Waals surface area contributed by atoms with Crippen LogP contribution in [-0.4, -0.2) is 48.3 Å². The first-order valence-electron chi connectivity index (χ1n) is 10.2. The second-order valence-electron chi connectivity index (χ2n) is 7.44. The molecule has 1 fully saturated rings. The Balaban J connectivity index is 1.43. The van der Waals surface area contributed by atoms with E-state index in [2.05, 4.69) is 26.3 Å². The zero-order valence-electron chi connectivity index (χ0n) is 17.6. The van der Waals surface area contributed by atoms with E-state index in [1.165, 1.54) is 0 Å². The Hall–Kier alpha value is -3.35. The van der Waals surface area contributed by atoms with E-state index in [-0.39, 0.29) is 0 Å². The van der Waals surface area contributed by atoms with Gasteiger partial charge in [-0.3, -0.25) is 4.98 Å². The number of ether oxygens (including phenoxy) is 2. The van der Waals surface area contributed by atoms with Crippen molar-refractivity contribution in [1.82, 2.24) is 15.0 Å². The van der Waals surface area contributed by atoms with Crippen LogP contribution in [0.5, 0.6) is 11.5 Å². The van der Waals surface area contributed by atoms with Gasteiger partial charge in [0, 0.05) is 72.7 Å². The van der Waals surface area contributed by atoms with Crippen LogP contribution in [0.1, 0.15) is 18.5 Å². The van der Waals surface area contributed by atoms with Crippen LogP contribution in [0.3, 0.4) is 0 Å². The van der Waals surface area contributed by atoms with E-state index in [9.17, 15) is 0 Å². The first kappa shape index (κ1) is 19.9. The SMILES string of the molecule is COc1cc(NC2CCN(c3cc(C)nc(-c4cccnc4)n3)CC2)cc(OC)c1. The Morgan fingerprint density at radius 1 is 1.00 bits per heavy atom. The van der Waals surface area contributed by atoms with Crippen LogP contribution in [0.2, 0.25) is 0 Å². The lowest BCUT2D eigenvalue weighted by Crippen LogP contribution is -2.39. The Kier molecular flexibility index (Phi) is 5.97. The van der Waals surface area contributed by atoms with E-state index in [0.717, 1.165) is 66.0 Å². The number of nitrogens with zero attached hydrogens (tertiary/aromatic N) is 4. The summed E-state index contributed by atoms with van der Waals surface area (Å²) in [6, 6.07) is 12.2. The van der Waals surface area contributed by atoms with E-state index in [1.807, 2.05) is 37.3 Å². The smallest absolute Gasteiger partial charge is 0.163 e. The number of pyridine rings is 1. The van der Waals surface area contributed by atoms with Crippen LogP contribution < -0.4 is 19.7 Å². The molecule has 3 aromatic rings. The second kappa shape index (κ2) is 8.98. The molecule has 1 aromatic carbocycles. The van der Waals surface area contributed by atoms with Crippen molar-refractivity contribution in [3.63, 3.8) is 0 Å². The van der Waals surface area contributed by atoms with E-state index in [1.54, 1.807) is 26.6 Å². The Morgan fingerprint density at radius 2 is 1.73 bits per heavy atom. The molecule has 0 bridgehead atoms. The summed E-state index contributed by atoms with van der Waals surface area (Å²) in [4.78, 5) is 15.9. The van der Waals surface area contributed by atoms with Gasteiger partial charge in [-0.25, -0.2) is 9.97 Å². The molecule has 1 aliphatic rings. The second-order valence-corrected chi connectivity index (χ2v) is 7.44. The molecule has 0 amide bonds. The van der Waals surface area contributed by atoms with Gasteiger partial charge >= 0.3 is 0 Å². The number of hydrogen-bond donors (Lipinski definition) is 1. The molecule has 1 N–H and O–H groups in total. The molecule has 156 valence electrons. The summed E-state index contributed by atoms with van der Waals surface area (Å²) in [5.41, 5.74) is 2.91. The number of hydrogen-bond acceptors (Lipinski definition) is 7. The maximum absolute atomic E-state index is 5.37. The standard InChI is InChI=1S/C23H27N5O2/c1-16-11-22(27-23(25-16)17-5-4-8-24-15-17)28-9-6-18(7-10-28)26-19-12-20(29-2)14-21(13-19)30-3/h4-5,8,11-15,18,26H,6-7,9-10H2,1-3H3. The van der Waals surface area contributed by atoms with Gasteiger partial charge in [0.2, 0.25) is 0 Å². The lowest BCUT2D eigenvalue weighted by molar-refractivity contribution is 0.394. The minimum absolute atomic E-state index is 0.388. The van der Waals surface area contributed by atoms with E-state index in [4.69, 9.17) is 14.5 Å². The molecule has 1 saturated heterocycles. The van der Waals surface area contributed by atoms with Crippen molar-refractivity contribution in [1.29, 1.82) is 0 Å². The van der Waals surface area contributed by atoms with Crippen molar-refractivity contribution in [2.24, 2.45) is 0 Å². The summed E-state index contributed by atoms with van der Waals surface area (Å²) in [6.07, 6.45) is 5.60. The number of benzene rings is 1. The minimum atomic E-state index is 0.388. The Labute approximate surface area is 177 Å². The van der Waals surface area contributed by atoms with Crippen LogP contribution in [0.25, 0.3) is 11.4 Å². The first-order chi connectivity index (χ1) is 14.6. The van der Waals surface area contributed by atoms with E-state index < -0.39 is 0 Å². The van der Waals surface area contributed by atoms with Crippen molar-refractivity contribution >= 4 is 11.5 Å². The molecule has 30 heavy (non-hydrogen) atoms. The highest BCUT2D eigenvalue weighted by Crippen LogP contribution is 2.28. The summed E-state index contributed by atoms with van der Waals surface area (Å²) in [6.45, 7) is 3.87. The summed E-state index contributed by atoms with van der Waals surface area (Å²) < 4.78 is 10.7. The topological polar surface area (TPSA) is 72.4 Å². The molecule has 7 nitrogen and oxygen atoms in total. The van der Waals surface area contributed by atoms with Crippen LogP contribution in [0, 0.1) is 6.92 Å². The molecule has 0 saturated carbocycles. The molecule has 0 radical (unpaired) electrons. The molecular formula is C23H27N5O2. The van der Waals surface area contributed by atoms with Crippen LogP contribution in [0.4, 0.5) is 11.5 Å². The van der Waals surface area contributed by atoms with Gasteiger partial charge in [-0.1, -0.05) is 0 Å². The van der Waals surface area contributed by atoms with E-state index in [0.29, 0.717) is 6.04 Å². The quantitative estimate of drug-likeness (QED) is 0.666. The molecule has 0 unspecified atom stereocenters. The van der Waals surface area contributed by atoms with Gasteiger partial charge in [-0.15, -0.1) is 0 Å². The molecule has 3 heterocycles. The van der Waals surface area contributed by atoms with Gasteiger partial charge in [-0.05, 0) is 31.9 Å². The Bertz CT molecular complexity index is 966. The van der Waals surface area contributed by atoms with Gasteiger partial charge in [0.05, 0.1) is 14.2 Å². The molecule has 2 aromatic heterocycles. The molecule has 7 heteroatoms. The third-order valence-corrected chi connectivity index (χ3v) is 5.30. The highest BCUT2D eigenvalue weighted by Gasteiger charge is 2.21. The summed E-state index contributed by atoms with van der Waals surface area (Å²) in [5.74, 6) is 3.27. The molecule has 1 aliphatic heterocycles. The predicted molar refractivity (Wildman–Crippen MR) is 118 cm³/mol. The van der Waals surface area contributed by atoms with Gasteiger partial charge in [-0.2, -0.15) is 0 Å². The number of aryl methyl sites for hydroxylation is 1. The van der Waals surface area contributed by atoms with Crippen LogP contribution in [0.15, 0.2) is 48.8 Å².